The van der Waals surface area contributed by atoms with Crippen molar-refractivity contribution in [3.63, 3.8) is 0 Å². The molecule has 1 aromatic carbocycles. The van der Waals surface area contributed by atoms with Crippen LogP contribution in [0.2, 0.25) is 0 Å². The average molecular weight is 374 g/mol. The largest absolute Gasteiger partial charge is 0.497 e. The Morgan fingerprint density at radius 1 is 1.15 bits per heavy atom. The van der Waals surface area contributed by atoms with Gasteiger partial charge in [0.25, 0.3) is 0 Å². The minimum Gasteiger partial charge on any atom is -0.497 e. The number of Topliss-reactive ketones (excluding diaryl/α,β-unsaturated/α-hetero) is 1. The van der Waals surface area contributed by atoms with Crippen LogP contribution < -0.4 is 10.1 Å². The lowest BCUT2D eigenvalue weighted by molar-refractivity contribution is -0.134. The maximum absolute atomic E-state index is 12.3. The van der Waals surface area contributed by atoms with Gasteiger partial charge in [-0.15, -0.1) is 11.3 Å². The average Bonchev–Trinajstić information content (AvgIpc) is 3.18. The Labute approximate surface area is 156 Å². The molecule has 0 radical (unpaired) electrons. The number of benzene rings is 1. The van der Waals surface area contributed by atoms with Crippen LogP contribution in [-0.2, 0) is 9.59 Å². The van der Waals surface area contributed by atoms with Crippen molar-refractivity contribution >= 4 is 34.6 Å². The molecule has 6 nitrogen and oxygen atoms in total. The first-order valence-corrected chi connectivity index (χ1v) is 9.19. The first-order chi connectivity index (χ1) is 12.5. The van der Waals surface area contributed by atoms with Gasteiger partial charge in [-0.2, -0.15) is 0 Å². The molecular formula is C19H22N2O4S. The number of thiophene rings is 1. The van der Waals surface area contributed by atoms with E-state index in [0.717, 1.165) is 0 Å². The van der Waals surface area contributed by atoms with Crippen molar-refractivity contribution < 1.29 is 19.1 Å². The number of nitrogens with zero attached hydrogens (tertiary/aromatic N) is 1. The Morgan fingerprint density at radius 2 is 1.96 bits per heavy atom. The summed E-state index contributed by atoms with van der Waals surface area (Å²) in [6.07, 6.45) is 0.240. The number of methoxy groups -OCH3 is 1. The fourth-order valence-electron chi connectivity index (χ4n) is 2.39. The predicted molar refractivity (Wildman–Crippen MR) is 102 cm³/mol. The molecule has 0 unspecified atom stereocenters. The molecule has 0 atom stereocenters. The van der Waals surface area contributed by atoms with Gasteiger partial charge in [-0.05, 0) is 30.5 Å². The molecule has 2 aromatic rings. The zero-order chi connectivity index (χ0) is 18.9. The minimum atomic E-state index is -0.293. The van der Waals surface area contributed by atoms with Gasteiger partial charge < -0.3 is 15.0 Å². The van der Waals surface area contributed by atoms with Crippen molar-refractivity contribution in [3.8, 4) is 5.75 Å². The molecule has 0 aliphatic carbocycles. The minimum absolute atomic E-state index is 0.0507. The molecule has 1 heterocycles. The molecule has 1 aromatic heterocycles. The molecule has 0 saturated carbocycles. The van der Waals surface area contributed by atoms with Crippen LogP contribution in [0.4, 0.5) is 5.69 Å². The summed E-state index contributed by atoms with van der Waals surface area (Å²) in [6.45, 7) is 2.15. The lowest BCUT2D eigenvalue weighted by atomic mass is 10.2. The molecule has 26 heavy (non-hydrogen) atoms. The maximum Gasteiger partial charge on any atom is 0.243 e. The SMILES string of the molecule is CCN(CC(=O)Nc1cccc(OC)c1)C(=O)CCC(=O)c1cccs1. The highest BCUT2D eigenvalue weighted by atomic mass is 32.1. The van der Waals surface area contributed by atoms with Crippen molar-refractivity contribution in [2.24, 2.45) is 0 Å². The van der Waals surface area contributed by atoms with Gasteiger partial charge in [0.1, 0.15) is 5.75 Å². The first kappa shape index (κ1) is 19.7. The summed E-state index contributed by atoms with van der Waals surface area (Å²) in [5.74, 6) is 0.0831. The molecule has 0 fully saturated rings. The number of carbonyl (C=O) groups is 3. The van der Waals surface area contributed by atoms with Crippen molar-refractivity contribution in [2.45, 2.75) is 19.8 Å². The number of ketones is 1. The quantitative estimate of drug-likeness (QED) is 0.684. The summed E-state index contributed by atoms with van der Waals surface area (Å²) >= 11 is 1.36. The van der Waals surface area contributed by atoms with E-state index in [2.05, 4.69) is 5.32 Å². The van der Waals surface area contributed by atoms with Crippen LogP contribution in [0.1, 0.15) is 29.4 Å². The van der Waals surface area contributed by atoms with Gasteiger partial charge in [-0.3, -0.25) is 14.4 Å². The third-order valence-corrected chi connectivity index (χ3v) is 4.70. The van der Waals surface area contributed by atoms with E-state index >= 15 is 0 Å². The van der Waals surface area contributed by atoms with Crippen LogP contribution in [0.25, 0.3) is 0 Å². The number of carbonyl (C=O) groups excluding carboxylic acids is 3. The molecule has 0 bridgehead atoms. The second kappa shape index (κ2) is 9.72. The van der Waals surface area contributed by atoms with Crippen molar-refractivity contribution in [1.29, 1.82) is 0 Å². The number of nitrogens with one attached hydrogen (secondary N) is 1. The van der Waals surface area contributed by atoms with Gasteiger partial charge in [0.15, 0.2) is 5.78 Å². The number of ether oxygens (including phenoxy) is 1. The molecule has 138 valence electrons. The van der Waals surface area contributed by atoms with Gasteiger partial charge >= 0.3 is 0 Å². The zero-order valence-electron chi connectivity index (χ0n) is 14.9. The molecule has 0 aliphatic rings. The Morgan fingerprint density at radius 3 is 2.62 bits per heavy atom. The van der Waals surface area contributed by atoms with Gasteiger partial charge in [0.2, 0.25) is 11.8 Å². The highest BCUT2D eigenvalue weighted by Crippen LogP contribution is 2.17. The number of hydrogen-bond acceptors (Lipinski definition) is 5. The predicted octanol–water partition coefficient (Wildman–Crippen LogP) is 3.21. The topological polar surface area (TPSA) is 75.7 Å². The second-order valence-corrected chi connectivity index (χ2v) is 6.54. The van der Waals surface area contributed by atoms with Crippen molar-refractivity contribution in [3.05, 3.63) is 46.7 Å². The maximum atomic E-state index is 12.3. The summed E-state index contributed by atoms with van der Waals surface area (Å²) in [6, 6.07) is 10.6. The summed E-state index contributed by atoms with van der Waals surface area (Å²) < 4.78 is 5.11. The number of anilines is 1. The highest BCUT2D eigenvalue weighted by molar-refractivity contribution is 7.12. The fraction of sp³-hybridized carbons (Fsp3) is 0.316. The standard InChI is InChI=1S/C19H22N2O4S/c1-3-21(19(24)10-9-16(22)17-8-5-11-26-17)13-18(23)20-14-6-4-7-15(12-14)25-2/h4-8,11-12H,3,9-10,13H2,1-2H3,(H,20,23). The monoisotopic (exact) mass is 374 g/mol. The van der Waals surface area contributed by atoms with E-state index in [0.29, 0.717) is 22.9 Å². The van der Waals surface area contributed by atoms with Gasteiger partial charge in [-0.1, -0.05) is 12.1 Å². The van der Waals surface area contributed by atoms with Gasteiger partial charge in [-0.25, -0.2) is 0 Å². The number of rotatable bonds is 9. The Kier molecular flexibility index (Phi) is 7.35. The molecule has 2 rings (SSSR count). The van der Waals surface area contributed by atoms with E-state index < -0.39 is 0 Å². The third kappa shape index (κ3) is 5.70. The smallest absolute Gasteiger partial charge is 0.243 e. The Balaban J connectivity index is 1.85. The van der Waals surface area contributed by atoms with E-state index in [1.54, 1.807) is 50.4 Å². The summed E-state index contributed by atoms with van der Waals surface area (Å²) in [4.78, 5) is 38.6. The normalized spacial score (nSPS) is 10.2. The van der Waals surface area contributed by atoms with Crippen LogP contribution in [0.3, 0.4) is 0 Å². The number of hydrogen-bond donors (Lipinski definition) is 1. The molecule has 0 aliphatic heterocycles. The Hall–Kier alpha value is -2.67. The van der Waals surface area contributed by atoms with E-state index in [1.807, 2.05) is 5.38 Å². The molecule has 7 heteroatoms. The van der Waals surface area contributed by atoms with Crippen LogP contribution in [0, 0.1) is 0 Å². The lowest BCUT2D eigenvalue weighted by Crippen LogP contribution is -2.38. The second-order valence-electron chi connectivity index (χ2n) is 5.59. The summed E-state index contributed by atoms with van der Waals surface area (Å²) in [7, 11) is 1.55. The number of likely N-dealkylation sites (N-methyl/N-ethyl adjacent to an activating group) is 1. The first-order valence-electron chi connectivity index (χ1n) is 8.32. The summed E-state index contributed by atoms with van der Waals surface area (Å²) in [5, 5.41) is 4.58. The van der Waals surface area contributed by atoms with Crippen molar-refractivity contribution in [2.75, 3.05) is 25.5 Å². The van der Waals surface area contributed by atoms with E-state index in [4.69, 9.17) is 4.74 Å². The third-order valence-electron chi connectivity index (χ3n) is 3.78. The van der Waals surface area contributed by atoms with Crippen LogP contribution in [0.5, 0.6) is 5.75 Å². The Bertz CT molecular complexity index is 759. The number of amides is 2. The van der Waals surface area contributed by atoms with E-state index in [9.17, 15) is 14.4 Å². The van der Waals surface area contributed by atoms with Crippen LogP contribution in [0.15, 0.2) is 41.8 Å². The van der Waals surface area contributed by atoms with E-state index in [1.165, 1.54) is 16.2 Å². The van der Waals surface area contributed by atoms with Crippen LogP contribution >= 0.6 is 11.3 Å². The fourth-order valence-corrected chi connectivity index (χ4v) is 3.08. The molecule has 0 saturated heterocycles. The molecule has 2 amide bonds. The zero-order valence-corrected chi connectivity index (χ0v) is 15.7. The lowest BCUT2D eigenvalue weighted by Gasteiger charge is -2.20. The molecule has 0 spiro atoms. The molecular weight excluding hydrogens is 352 g/mol. The molecule has 1 N–H and O–H groups in total. The summed E-state index contributed by atoms with van der Waals surface area (Å²) in [5.41, 5.74) is 0.603. The van der Waals surface area contributed by atoms with E-state index in [-0.39, 0.29) is 37.0 Å². The highest BCUT2D eigenvalue weighted by Gasteiger charge is 2.17. The van der Waals surface area contributed by atoms with Crippen LogP contribution in [-0.4, -0.2) is 42.7 Å². The van der Waals surface area contributed by atoms with Gasteiger partial charge in [0.05, 0.1) is 18.5 Å². The van der Waals surface area contributed by atoms with Crippen molar-refractivity contribution in [1.82, 2.24) is 4.90 Å². The van der Waals surface area contributed by atoms with Gasteiger partial charge in [0, 0.05) is 31.1 Å².